The molecule has 1 aliphatic rings. The summed E-state index contributed by atoms with van der Waals surface area (Å²) in [5.74, 6) is -0.647. The van der Waals surface area contributed by atoms with E-state index in [4.69, 9.17) is 9.47 Å². The number of aliphatic hydroxyl groups excluding tert-OH is 6. The van der Waals surface area contributed by atoms with Gasteiger partial charge in [-0.05, 0) is 44.9 Å². The lowest BCUT2D eigenvalue weighted by Crippen LogP contribution is -2.60. The number of amides is 1. The Morgan fingerprint density at radius 3 is 1.73 bits per heavy atom. The Balaban J connectivity index is 2.59. The van der Waals surface area contributed by atoms with Crippen molar-refractivity contribution in [2.75, 3.05) is 13.2 Å². The molecule has 0 aromatic carbocycles. The van der Waals surface area contributed by atoms with Gasteiger partial charge in [0.15, 0.2) is 6.29 Å². The highest BCUT2D eigenvalue weighted by Crippen LogP contribution is 2.22. The number of hydrogen-bond donors (Lipinski definition) is 7. The minimum absolute atomic E-state index is 0.292. The van der Waals surface area contributed by atoms with E-state index in [2.05, 4.69) is 55.6 Å². The van der Waals surface area contributed by atoms with Crippen molar-refractivity contribution in [2.24, 2.45) is 0 Å². The van der Waals surface area contributed by atoms with Crippen molar-refractivity contribution in [1.29, 1.82) is 0 Å². The Morgan fingerprint density at radius 2 is 1.17 bits per heavy atom. The highest BCUT2D eigenvalue weighted by atomic mass is 16.7. The van der Waals surface area contributed by atoms with Crippen molar-refractivity contribution in [3.63, 3.8) is 0 Å². The number of allylic oxidation sites excluding steroid dienone is 9. The number of aliphatic hydroxyl groups is 6. The predicted molar refractivity (Wildman–Crippen MR) is 208 cm³/mol. The van der Waals surface area contributed by atoms with Gasteiger partial charge in [-0.15, -0.1) is 0 Å². The van der Waals surface area contributed by atoms with E-state index < -0.39 is 61.5 Å². The molecule has 10 heteroatoms. The Hall–Kier alpha value is -2.15. The largest absolute Gasteiger partial charge is 0.394 e. The number of carbonyl (C=O) groups excluding carboxylic acids is 1. The molecular weight excluding hydrogens is 662 g/mol. The summed E-state index contributed by atoms with van der Waals surface area (Å²) in [5, 5.41) is 64.3. The number of hydrogen-bond acceptors (Lipinski definition) is 9. The van der Waals surface area contributed by atoms with E-state index in [0.717, 1.165) is 44.9 Å². The Labute approximate surface area is 314 Å². The van der Waals surface area contributed by atoms with Gasteiger partial charge in [-0.25, -0.2) is 0 Å². The molecule has 1 rings (SSSR count). The van der Waals surface area contributed by atoms with Crippen LogP contribution in [0.2, 0.25) is 0 Å². The summed E-state index contributed by atoms with van der Waals surface area (Å²) in [4.78, 5) is 12.9. The molecule has 10 nitrogen and oxygen atoms in total. The van der Waals surface area contributed by atoms with E-state index in [1.54, 1.807) is 6.08 Å². The summed E-state index contributed by atoms with van der Waals surface area (Å²) < 4.78 is 11.1. The lowest BCUT2D eigenvalue weighted by molar-refractivity contribution is -0.302. The second kappa shape index (κ2) is 32.3. The quantitative estimate of drug-likeness (QED) is 0.0322. The fraction of sp³-hybridized carbons (Fsp3) is 0.738. The van der Waals surface area contributed by atoms with Gasteiger partial charge in [-0.2, -0.15) is 0 Å². The van der Waals surface area contributed by atoms with E-state index in [-0.39, 0.29) is 6.61 Å². The van der Waals surface area contributed by atoms with Crippen molar-refractivity contribution in [3.05, 3.63) is 60.8 Å². The summed E-state index contributed by atoms with van der Waals surface area (Å²) in [6, 6.07) is -1.02. The van der Waals surface area contributed by atoms with E-state index in [0.29, 0.717) is 19.3 Å². The number of carbonyl (C=O) groups is 1. The van der Waals surface area contributed by atoms with E-state index >= 15 is 0 Å². The fourth-order valence-electron chi connectivity index (χ4n) is 5.83. The summed E-state index contributed by atoms with van der Waals surface area (Å²) in [7, 11) is 0. The number of nitrogens with one attached hydrogen (secondary N) is 1. The maximum atomic E-state index is 12.9. The van der Waals surface area contributed by atoms with E-state index in [1.165, 1.54) is 63.9 Å². The van der Waals surface area contributed by atoms with Gasteiger partial charge in [0, 0.05) is 0 Å². The molecular formula is C42H73NO9. The van der Waals surface area contributed by atoms with Crippen LogP contribution in [0.5, 0.6) is 0 Å². The zero-order valence-corrected chi connectivity index (χ0v) is 32.1. The summed E-state index contributed by atoms with van der Waals surface area (Å²) in [6.07, 6.45) is 30.3. The van der Waals surface area contributed by atoms with Crippen molar-refractivity contribution in [3.8, 4) is 0 Å². The lowest BCUT2D eigenvalue weighted by atomic mass is 9.99. The SMILES string of the molecule is CCCCC/C=C\C/C=C\C/C=C\C/C=C\C/C=C/[C@@H](O)[C@H](CO[C@@H]1O[C@H](CO)[C@@H](O)[C@H](O)[C@H]1O)NC(=O)[C@H](O)CCCCCCCCCCCC. The van der Waals surface area contributed by atoms with Crippen LogP contribution in [0, 0.1) is 0 Å². The lowest BCUT2D eigenvalue weighted by Gasteiger charge is -2.40. The van der Waals surface area contributed by atoms with Crippen LogP contribution in [-0.4, -0.2) is 98.7 Å². The molecule has 0 spiro atoms. The summed E-state index contributed by atoms with van der Waals surface area (Å²) >= 11 is 0. The maximum Gasteiger partial charge on any atom is 0.249 e. The minimum atomic E-state index is -1.62. The van der Waals surface area contributed by atoms with Gasteiger partial charge in [0.25, 0.3) is 0 Å². The predicted octanol–water partition coefficient (Wildman–Crippen LogP) is 6.24. The molecule has 0 saturated carbocycles. The van der Waals surface area contributed by atoms with Crippen molar-refractivity contribution < 1.29 is 44.9 Å². The average Bonchev–Trinajstić information content (AvgIpc) is 3.14. The first-order valence-corrected chi connectivity index (χ1v) is 20.1. The first-order chi connectivity index (χ1) is 25.3. The number of unbranched alkanes of at least 4 members (excludes halogenated alkanes) is 12. The van der Waals surface area contributed by atoms with Gasteiger partial charge in [0.1, 0.15) is 30.5 Å². The molecule has 1 heterocycles. The van der Waals surface area contributed by atoms with Crippen molar-refractivity contribution in [1.82, 2.24) is 5.32 Å². The van der Waals surface area contributed by atoms with Crippen LogP contribution in [0.3, 0.4) is 0 Å². The second-order valence-electron chi connectivity index (χ2n) is 13.9. The van der Waals surface area contributed by atoms with E-state index in [1.807, 2.05) is 12.2 Å². The van der Waals surface area contributed by atoms with Crippen LogP contribution >= 0.6 is 0 Å². The monoisotopic (exact) mass is 736 g/mol. The normalized spacial score (nSPS) is 23.1. The van der Waals surface area contributed by atoms with Gasteiger partial charge in [-0.3, -0.25) is 4.79 Å². The highest BCUT2D eigenvalue weighted by Gasteiger charge is 2.44. The molecule has 1 saturated heterocycles. The fourth-order valence-corrected chi connectivity index (χ4v) is 5.83. The van der Waals surface area contributed by atoms with Gasteiger partial charge >= 0.3 is 0 Å². The highest BCUT2D eigenvalue weighted by molar-refractivity contribution is 5.80. The van der Waals surface area contributed by atoms with Gasteiger partial charge in [-0.1, -0.05) is 152 Å². The van der Waals surface area contributed by atoms with Crippen LogP contribution < -0.4 is 5.32 Å². The summed E-state index contributed by atoms with van der Waals surface area (Å²) in [6.45, 7) is 3.47. The standard InChI is InChI=1S/C42H73NO9/c1-3-5-7-9-11-13-15-16-17-18-19-20-21-23-24-26-28-30-35(45)34(33-51-42-40(49)39(48)38(47)37(32-44)52-42)43-41(50)36(46)31-29-27-25-22-14-12-10-8-6-4-2/h11,13,16-17,19-20,23-24,28,30,34-40,42,44-49H,3-10,12,14-15,18,21-22,25-27,29,31-33H2,1-2H3,(H,43,50)/b13-11-,17-16-,20-19-,24-23-,30-28+/t34-,35+,36+,37+,38+,39-,40+,42+/m0/s1. The number of ether oxygens (including phenoxy) is 2. The van der Waals surface area contributed by atoms with Gasteiger partial charge in [0.05, 0.1) is 25.4 Å². The number of rotatable bonds is 31. The summed E-state index contributed by atoms with van der Waals surface area (Å²) in [5.41, 5.74) is 0. The molecule has 0 bridgehead atoms. The van der Waals surface area contributed by atoms with Crippen molar-refractivity contribution in [2.45, 2.75) is 185 Å². The van der Waals surface area contributed by atoms with E-state index in [9.17, 15) is 35.4 Å². The molecule has 0 aromatic rings. The van der Waals surface area contributed by atoms with Crippen molar-refractivity contribution >= 4 is 5.91 Å². The second-order valence-corrected chi connectivity index (χ2v) is 13.9. The average molecular weight is 736 g/mol. The first kappa shape index (κ1) is 47.9. The molecule has 1 amide bonds. The van der Waals surface area contributed by atoms with Gasteiger partial charge in [0.2, 0.25) is 5.91 Å². The molecule has 52 heavy (non-hydrogen) atoms. The third-order valence-electron chi connectivity index (χ3n) is 9.23. The van der Waals surface area contributed by atoms with Crippen LogP contribution in [-0.2, 0) is 14.3 Å². The van der Waals surface area contributed by atoms with Gasteiger partial charge < -0.3 is 45.4 Å². The minimum Gasteiger partial charge on any atom is -0.394 e. The molecule has 300 valence electrons. The molecule has 8 atom stereocenters. The molecule has 0 aromatic heterocycles. The smallest absolute Gasteiger partial charge is 0.249 e. The molecule has 1 fully saturated rings. The third-order valence-corrected chi connectivity index (χ3v) is 9.23. The van der Waals surface area contributed by atoms with Crippen LogP contribution in [0.1, 0.15) is 136 Å². The Morgan fingerprint density at radius 1 is 0.673 bits per heavy atom. The third kappa shape index (κ3) is 22.8. The molecule has 7 N–H and O–H groups in total. The Bertz CT molecular complexity index is 1010. The zero-order chi connectivity index (χ0) is 38.2. The topological polar surface area (TPSA) is 169 Å². The first-order valence-electron chi connectivity index (χ1n) is 20.1. The van der Waals surface area contributed by atoms with Crippen LogP contribution in [0.4, 0.5) is 0 Å². The molecule has 0 unspecified atom stereocenters. The van der Waals surface area contributed by atoms with Crippen LogP contribution in [0.25, 0.3) is 0 Å². The Kier molecular flexibility index (Phi) is 29.7. The maximum absolute atomic E-state index is 12.9. The molecule has 1 aliphatic heterocycles. The van der Waals surface area contributed by atoms with Crippen LogP contribution in [0.15, 0.2) is 60.8 Å². The molecule has 0 radical (unpaired) electrons. The zero-order valence-electron chi connectivity index (χ0n) is 32.1. The molecule has 0 aliphatic carbocycles.